The molecular weight excluding hydrogens is 304 g/mol. The fourth-order valence-corrected chi connectivity index (χ4v) is 3.11. The fourth-order valence-electron chi connectivity index (χ4n) is 3.11. The van der Waals surface area contributed by atoms with Gasteiger partial charge in [-0.3, -0.25) is 4.79 Å². The summed E-state index contributed by atoms with van der Waals surface area (Å²) >= 11 is 0. The van der Waals surface area contributed by atoms with E-state index in [4.69, 9.17) is 15.2 Å². The van der Waals surface area contributed by atoms with Crippen LogP contribution >= 0.6 is 0 Å². The molecule has 5 nitrogen and oxygen atoms in total. The van der Waals surface area contributed by atoms with E-state index in [0.717, 1.165) is 30.4 Å². The maximum atomic E-state index is 12.1. The molecule has 0 radical (unpaired) electrons. The van der Waals surface area contributed by atoms with Gasteiger partial charge in [0.2, 0.25) is 5.91 Å². The van der Waals surface area contributed by atoms with E-state index < -0.39 is 0 Å². The number of nitrogens with two attached hydrogens (primary N) is 1. The molecule has 1 amide bonds. The van der Waals surface area contributed by atoms with E-state index in [0.29, 0.717) is 45.3 Å². The Morgan fingerprint density at radius 3 is 2.79 bits per heavy atom. The molecule has 1 aliphatic carbocycles. The molecule has 24 heavy (non-hydrogen) atoms. The fraction of sp³-hybridized carbons (Fsp3) is 0.632. The van der Waals surface area contributed by atoms with Crippen molar-refractivity contribution in [3.05, 3.63) is 35.4 Å². The van der Waals surface area contributed by atoms with Crippen molar-refractivity contribution in [2.75, 3.05) is 19.8 Å². The monoisotopic (exact) mass is 334 g/mol. The van der Waals surface area contributed by atoms with Crippen LogP contribution < -0.4 is 11.1 Å². The van der Waals surface area contributed by atoms with Gasteiger partial charge in [-0.15, -0.1) is 0 Å². The summed E-state index contributed by atoms with van der Waals surface area (Å²) in [5, 5.41) is 3.00. The minimum Gasteiger partial charge on any atom is -0.379 e. The second kappa shape index (κ2) is 10.4. The lowest BCUT2D eigenvalue weighted by molar-refractivity contribution is -0.122. The number of carbonyl (C=O) groups excluding carboxylic acids is 1. The van der Waals surface area contributed by atoms with Gasteiger partial charge in [-0.2, -0.15) is 0 Å². The molecule has 1 aromatic rings. The first-order valence-corrected chi connectivity index (χ1v) is 8.94. The Hall–Kier alpha value is -1.43. The van der Waals surface area contributed by atoms with Crippen LogP contribution in [-0.4, -0.2) is 31.8 Å². The molecule has 0 heterocycles. The topological polar surface area (TPSA) is 73.6 Å². The molecule has 134 valence electrons. The standard InChI is InChI=1S/C19H30N2O3/c1-2-23-9-10-24-14-16-6-3-5-15(11-16)13-21-19(22)12-17-7-4-8-18(17)20/h3,5-6,11,17-18H,2,4,7-10,12-14,20H2,1H3,(H,21,22)/t17-,18+/m0/s1. The molecule has 3 N–H and O–H groups in total. The van der Waals surface area contributed by atoms with Gasteiger partial charge in [-0.05, 0) is 36.8 Å². The normalized spacial score (nSPS) is 20.2. The highest BCUT2D eigenvalue weighted by Gasteiger charge is 2.25. The van der Waals surface area contributed by atoms with Gasteiger partial charge in [-0.25, -0.2) is 0 Å². The van der Waals surface area contributed by atoms with E-state index in [1.807, 2.05) is 25.1 Å². The molecule has 2 atom stereocenters. The maximum Gasteiger partial charge on any atom is 0.220 e. The van der Waals surface area contributed by atoms with Crippen LogP contribution in [0, 0.1) is 5.92 Å². The number of hydrogen-bond donors (Lipinski definition) is 2. The van der Waals surface area contributed by atoms with Crippen molar-refractivity contribution in [3.63, 3.8) is 0 Å². The summed E-state index contributed by atoms with van der Waals surface area (Å²) in [4.78, 5) is 12.1. The van der Waals surface area contributed by atoms with Crippen LogP contribution in [0.3, 0.4) is 0 Å². The van der Waals surface area contributed by atoms with E-state index in [1.54, 1.807) is 0 Å². The van der Waals surface area contributed by atoms with E-state index in [2.05, 4.69) is 11.4 Å². The minimum absolute atomic E-state index is 0.0933. The van der Waals surface area contributed by atoms with Gasteiger partial charge in [0.05, 0.1) is 19.8 Å². The molecule has 0 unspecified atom stereocenters. The molecule has 0 saturated heterocycles. The van der Waals surface area contributed by atoms with Crippen molar-refractivity contribution < 1.29 is 14.3 Å². The number of rotatable bonds is 10. The van der Waals surface area contributed by atoms with E-state index >= 15 is 0 Å². The Bertz CT molecular complexity index is 507. The zero-order valence-corrected chi connectivity index (χ0v) is 14.6. The van der Waals surface area contributed by atoms with Gasteiger partial charge in [0.15, 0.2) is 0 Å². The highest BCUT2D eigenvalue weighted by atomic mass is 16.5. The third-order valence-corrected chi connectivity index (χ3v) is 4.49. The second-order valence-electron chi connectivity index (χ2n) is 6.41. The van der Waals surface area contributed by atoms with E-state index in [9.17, 15) is 4.79 Å². The molecule has 2 rings (SSSR count). The van der Waals surface area contributed by atoms with Crippen LogP contribution in [0.15, 0.2) is 24.3 Å². The van der Waals surface area contributed by atoms with Crippen LogP contribution in [0.4, 0.5) is 0 Å². The first-order chi connectivity index (χ1) is 11.7. The molecule has 0 spiro atoms. The third-order valence-electron chi connectivity index (χ3n) is 4.49. The molecule has 0 bridgehead atoms. The van der Waals surface area contributed by atoms with Crippen LogP contribution in [0.5, 0.6) is 0 Å². The molecule has 0 aromatic heterocycles. The largest absolute Gasteiger partial charge is 0.379 e. The zero-order valence-electron chi connectivity index (χ0n) is 14.6. The number of amides is 1. The average Bonchev–Trinajstić information content (AvgIpc) is 2.98. The van der Waals surface area contributed by atoms with Crippen molar-refractivity contribution >= 4 is 5.91 Å². The summed E-state index contributed by atoms with van der Waals surface area (Å²) in [6.07, 6.45) is 3.80. The summed E-state index contributed by atoms with van der Waals surface area (Å²) in [7, 11) is 0. The highest BCUT2D eigenvalue weighted by molar-refractivity contribution is 5.76. The SMILES string of the molecule is CCOCCOCc1cccc(CNC(=O)C[C@@H]2CCC[C@H]2N)c1. The summed E-state index contributed by atoms with van der Waals surface area (Å²) in [5.74, 6) is 0.436. The number of ether oxygens (including phenoxy) is 2. The van der Waals surface area contributed by atoms with Gasteiger partial charge in [0, 0.05) is 25.6 Å². The Labute approximate surface area is 144 Å². The third kappa shape index (κ3) is 6.59. The Morgan fingerprint density at radius 1 is 1.25 bits per heavy atom. The molecular formula is C19H30N2O3. The Balaban J connectivity index is 1.70. The first kappa shape index (κ1) is 18.9. The molecule has 1 saturated carbocycles. The second-order valence-corrected chi connectivity index (χ2v) is 6.41. The van der Waals surface area contributed by atoms with Gasteiger partial charge < -0.3 is 20.5 Å². The van der Waals surface area contributed by atoms with Crippen LogP contribution in [-0.2, 0) is 27.4 Å². The number of hydrogen-bond acceptors (Lipinski definition) is 4. The number of nitrogens with one attached hydrogen (secondary N) is 1. The number of benzene rings is 1. The van der Waals surface area contributed by atoms with Crippen molar-refractivity contribution in [2.45, 2.75) is 51.8 Å². The average molecular weight is 334 g/mol. The summed E-state index contributed by atoms with van der Waals surface area (Å²) in [6, 6.07) is 8.31. The van der Waals surface area contributed by atoms with Gasteiger partial charge in [0.1, 0.15) is 0 Å². The smallest absolute Gasteiger partial charge is 0.220 e. The van der Waals surface area contributed by atoms with Crippen LogP contribution in [0.25, 0.3) is 0 Å². The van der Waals surface area contributed by atoms with Crippen molar-refractivity contribution in [2.24, 2.45) is 11.7 Å². The predicted octanol–water partition coefficient (Wildman–Crippen LogP) is 2.37. The molecule has 0 aliphatic heterocycles. The van der Waals surface area contributed by atoms with E-state index in [-0.39, 0.29) is 11.9 Å². The lowest BCUT2D eigenvalue weighted by Crippen LogP contribution is -2.31. The lowest BCUT2D eigenvalue weighted by Gasteiger charge is -2.15. The minimum atomic E-state index is 0.0933. The van der Waals surface area contributed by atoms with E-state index in [1.165, 1.54) is 0 Å². The molecule has 1 aliphatic rings. The van der Waals surface area contributed by atoms with Gasteiger partial charge in [0.25, 0.3) is 0 Å². The summed E-state index contributed by atoms with van der Waals surface area (Å²) < 4.78 is 10.8. The van der Waals surface area contributed by atoms with Crippen LogP contribution in [0.1, 0.15) is 43.7 Å². The number of carbonyl (C=O) groups is 1. The summed E-state index contributed by atoms with van der Waals surface area (Å²) in [5.41, 5.74) is 8.22. The summed E-state index contributed by atoms with van der Waals surface area (Å²) in [6.45, 7) is 5.01. The van der Waals surface area contributed by atoms with Crippen molar-refractivity contribution in [1.29, 1.82) is 0 Å². The Morgan fingerprint density at radius 2 is 2.04 bits per heavy atom. The molecule has 1 fully saturated rings. The van der Waals surface area contributed by atoms with Gasteiger partial charge >= 0.3 is 0 Å². The van der Waals surface area contributed by atoms with Crippen molar-refractivity contribution in [3.8, 4) is 0 Å². The molecule has 5 heteroatoms. The maximum absolute atomic E-state index is 12.1. The van der Waals surface area contributed by atoms with Gasteiger partial charge in [-0.1, -0.05) is 30.7 Å². The predicted molar refractivity (Wildman–Crippen MR) is 94.4 cm³/mol. The quantitative estimate of drug-likeness (QED) is 0.644. The lowest BCUT2D eigenvalue weighted by atomic mass is 10.00. The Kier molecular flexibility index (Phi) is 8.22. The van der Waals surface area contributed by atoms with Crippen molar-refractivity contribution in [1.82, 2.24) is 5.32 Å². The zero-order chi connectivity index (χ0) is 17.2. The molecule has 1 aromatic carbocycles. The van der Waals surface area contributed by atoms with Crippen LogP contribution in [0.2, 0.25) is 0 Å². The first-order valence-electron chi connectivity index (χ1n) is 8.94. The highest BCUT2D eigenvalue weighted by Crippen LogP contribution is 2.26.